The zero-order valence-electron chi connectivity index (χ0n) is 5.47. The lowest BCUT2D eigenvalue weighted by Gasteiger charge is -1.99. The molecule has 56 valence electrons. The van der Waals surface area contributed by atoms with Crippen molar-refractivity contribution in [1.82, 2.24) is 5.32 Å². The number of thiol groups is 1. The van der Waals surface area contributed by atoms with E-state index in [1.807, 2.05) is 0 Å². The molecule has 0 aliphatic carbocycles. The molecule has 0 aromatic carbocycles. The predicted octanol–water partition coefficient (Wildman–Crippen LogP) is 0.503. The zero-order valence-corrected chi connectivity index (χ0v) is 7.18. The van der Waals surface area contributed by atoms with Gasteiger partial charge in [0.2, 0.25) is 0 Å². The van der Waals surface area contributed by atoms with Crippen molar-refractivity contribution in [2.45, 2.75) is 6.42 Å². The number of hydrogen-bond acceptors (Lipinski definition) is 4. The Morgan fingerprint density at radius 3 is 2.78 bits per heavy atom. The lowest BCUT2D eigenvalue weighted by Crippen LogP contribution is -2.20. The minimum atomic E-state index is 0.779. The van der Waals surface area contributed by atoms with Gasteiger partial charge in [-0.3, -0.25) is 0 Å². The van der Waals surface area contributed by atoms with Crippen molar-refractivity contribution in [2.24, 2.45) is 5.73 Å². The van der Waals surface area contributed by atoms with E-state index < -0.39 is 0 Å². The maximum Gasteiger partial charge on any atom is 0.0160 e. The van der Waals surface area contributed by atoms with Crippen LogP contribution in [-0.2, 0) is 0 Å². The average molecular weight is 166 g/mol. The Hall–Kier alpha value is 0.620. The third-order valence-corrected chi connectivity index (χ3v) is 1.86. The van der Waals surface area contributed by atoms with Crippen LogP contribution >= 0.6 is 22.5 Å². The molecule has 0 radical (unpaired) electrons. The van der Waals surface area contributed by atoms with Crippen molar-refractivity contribution < 1.29 is 0 Å². The fraction of sp³-hybridized carbons (Fsp3) is 1.00. The first kappa shape index (κ1) is 9.62. The summed E-state index contributed by atoms with van der Waals surface area (Å²) in [5.41, 5.74) is 5.28. The van der Waals surface area contributed by atoms with Crippen LogP contribution in [0.3, 0.4) is 0 Å². The van der Waals surface area contributed by atoms with Gasteiger partial charge in [-0.2, -0.15) is 0 Å². The zero-order chi connectivity index (χ0) is 6.95. The first-order chi connectivity index (χ1) is 4.41. The maximum absolute atomic E-state index is 5.28. The largest absolute Gasteiger partial charge is 0.330 e. The first-order valence-corrected chi connectivity index (χ1v) is 5.12. The second kappa shape index (κ2) is 8.62. The smallest absolute Gasteiger partial charge is 0.0160 e. The number of rotatable bonds is 6. The fourth-order valence-corrected chi connectivity index (χ4v) is 0.979. The highest BCUT2D eigenvalue weighted by atomic mass is 33.1. The number of nitrogens with two attached hydrogens (primary N) is 1. The van der Waals surface area contributed by atoms with Crippen molar-refractivity contribution in [3.8, 4) is 0 Å². The average Bonchev–Trinajstić information content (AvgIpc) is 1.89. The summed E-state index contributed by atoms with van der Waals surface area (Å²) in [6.07, 6.45) is 1.07. The van der Waals surface area contributed by atoms with E-state index in [4.69, 9.17) is 5.73 Å². The van der Waals surface area contributed by atoms with Crippen LogP contribution in [0.15, 0.2) is 0 Å². The quantitative estimate of drug-likeness (QED) is 0.306. The Morgan fingerprint density at radius 1 is 1.44 bits per heavy atom. The van der Waals surface area contributed by atoms with E-state index in [0.717, 1.165) is 31.8 Å². The van der Waals surface area contributed by atoms with Gasteiger partial charge in [0.1, 0.15) is 0 Å². The fourth-order valence-electron chi connectivity index (χ4n) is 0.470. The van der Waals surface area contributed by atoms with Gasteiger partial charge in [-0.05, 0) is 19.5 Å². The molecule has 9 heavy (non-hydrogen) atoms. The molecule has 0 rings (SSSR count). The Labute approximate surface area is 65.8 Å². The van der Waals surface area contributed by atoms with Crippen LogP contribution in [0.5, 0.6) is 0 Å². The lowest BCUT2D eigenvalue weighted by molar-refractivity contribution is 0.683. The molecule has 4 heteroatoms. The molecule has 0 aliphatic rings. The van der Waals surface area contributed by atoms with Crippen LogP contribution in [-0.4, -0.2) is 25.4 Å². The minimum absolute atomic E-state index is 0.779. The third kappa shape index (κ3) is 8.62. The van der Waals surface area contributed by atoms with Gasteiger partial charge in [-0.15, -0.1) is 11.7 Å². The monoisotopic (exact) mass is 166 g/mol. The highest BCUT2D eigenvalue weighted by Crippen LogP contribution is 2.01. The molecule has 3 N–H and O–H groups in total. The van der Waals surface area contributed by atoms with Crippen molar-refractivity contribution in [1.29, 1.82) is 0 Å². The highest BCUT2D eigenvalue weighted by molar-refractivity contribution is 8.68. The van der Waals surface area contributed by atoms with Gasteiger partial charge in [-0.1, -0.05) is 10.8 Å². The van der Waals surface area contributed by atoms with E-state index in [0.29, 0.717) is 0 Å². The Kier molecular flexibility index (Phi) is 9.21. The topological polar surface area (TPSA) is 38.0 Å². The van der Waals surface area contributed by atoms with Gasteiger partial charge in [0.15, 0.2) is 0 Å². The summed E-state index contributed by atoms with van der Waals surface area (Å²) in [6.45, 7) is 2.85. The van der Waals surface area contributed by atoms with Crippen LogP contribution in [0.1, 0.15) is 6.42 Å². The molecule has 0 spiro atoms. The standard InChI is InChI=1S/C5H14N2S2/c6-2-1-3-7-4-5-9-8/h7-8H,1-6H2. The lowest BCUT2D eigenvalue weighted by atomic mass is 10.4. The molecule has 0 unspecified atom stereocenters. The van der Waals surface area contributed by atoms with E-state index in [-0.39, 0.29) is 0 Å². The van der Waals surface area contributed by atoms with E-state index >= 15 is 0 Å². The molecular formula is C5H14N2S2. The number of nitrogens with one attached hydrogen (secondary N) is 1. The highest BCUT2D eigenvalue weighted by Gasteiger charge is 1.83. The van der Waals surface area contributed by atoms with E-state index in [9.17, 15) is 0 Å². The van der Waals surface area contributed by atoms with E-state index in [1.54, 1.807) is 10.8 Å². The molecule has 0 bridgehead atoms. The molecule has 2 nitrogen and oxygen atoms in total. The molecule has 0 aliphatic heterocycles. The molecule has 0 aromatic heterocycles. The van der Waals surface area contributed by atoms with Crippen molar-refractivity contribution in [3.05, 3.63) is 0 Å². The van der Waals surface area contributed by atoms with Crippen LogP contribution in [0.25, 0.3) is 0 Å². The molecule has 0 saturated carbocycles. The molecule has 0 fully saturated rings. The van der Waals surface area contributed by atoms with Gasteiger partial charge in [0.05, 0.1) is 0 Å². The summed E-state index contributed by atoms with van der Waals surface area (Å²) in [5.74, 6) is 1.06. The van der Waals surface area contributed by atoms with Crippen molar-refractivity contribution >= 4 is 22.5 Å². The number of hydrogen-bond donors (Lipinski definition) is 3. The van der Waals surface area contributed by atoms with Gasteiger partial charge < -0.3 is 11.1 Å². The maximum atomic E-state index is 5.28. The molecule has 0 aromatic rings. The Bertz CT molecular complexity index is 46.2. The summed E-state index contributed by atoms with van der Waals surface area (Å²) >= 11 is 4.00. The van der Waals surface area contributed by atoms with Gasteiger partial charge in [-0.25, -0.2) is 0 Å². The molecule has 0 amide bonds. The SMILES string of the molecule is NCCCNCCSS. The minimum Gasteiger partial charge on any atom is -0.330 e. The Balaban J connectivity index is 2.60. The van der Waals surface area contributed by atoms with Crippen molar-refractivity contribution in [2.75, 3.05) is 25.4 Å². The molecule has 0 atom stereocenters. The van der Waals surface area contributed by atoms with E-state index in [1.165, 1.54) is 0 Å². The van der Waals surface area contributed by atoms with E-state index in [2.05, 4.69) is 17.0 Å². The van der Waals surface area contributed by atoms with Crippen LogP contribution in [0.2, 0.25) is 0 Å². The van der Waals surface area contributed by atoms with Crippen LogP contribution in [0.4, 0.5) is 0 Å². The molecule has 0 saturated heterocycles. The van der Waals surface area contributed by atoms with Gasteiger partial charge in [0, 0.05) is 12.3 Å². The summed E-state index contributed by atoms with van der Waals surface area (Å²) in [7, 11) is 1.56. The first-order valence-electron chi connectivity index (χ1n) is 3.09. The van der Waals surface area contributed by atoms with Crippen LogP contribution in [0, 0.1) is 0 Å². The second-order valence-electron chi connectivity index (χ2n) is 1.73. The Morgan fingerprint density at radius 2 is 2.22 bits per heavy atom. The third-order valence-electron chi connectivity index (χ3n) is 0.928. The normalized spacial score (nSPS) is 10.0. The van der Waals surface area contributed by atoms with Crippen LogP contribution < -0.4 is 11.1 Å². The summed E-state index contributed by atoms with van der Waals surface area (Å²) in [5, 5.41) is 3.24. The summed E-state index contributed by atoms with van der Waals surface area (Å²) in [6, 6.07) is 0. The van der Waals surface area contributed by atoms with Gasteiger partial charge in [0.25, 0.3) is 0 Å². The summed E-state index contributed by atoms with van der Waals surface area (Å²) in [4.78, 5) is 0. The molecular weight excluding hydrogens is 152 g/mol. The summed E-state index contributed by atoms with van der Waals surface area (Å²) < 4.78 is 0. The van der Waals surface area contributed by atoms with Crippen molar-refractivity contribution in [3.63, 3.8) is 0 Å². The second-order valence-corrected chi connectivity index (χ2v) is 3.17. The predicted molar refractivity (Wildman–Crippen MR) is 48.0 cm³/mol. The van der Waals surface area contributed by atoms with Gasteiger partial charge >= 0.3 is 0 Å². The molecule has 0 heterocycles.